The molecule has 0 unspecified atom stereocenters. The molecule has 2 rings (SSSR count). The van der Waals surface area contributed by atoms with Gasteiger partial charge in [-0.15, -0.1) is 6.58 Å². The Bertz CT molecular complexity index is 865. The first-order valence-corrected chi connectivity index (χ1v) is 7.92. The molecule has 1 amide bonds. The lowest BCUT2D eigenvalue weighted by molar-refractivity contribution is -0.384. The Labute approximate surface area is 151 Å². The number of hydrogen-bond donors (Lipinski definition) is 1. The summed E-state index contributed by atoms with van der Waals surface area (Å²) >= 11 is 0. The van der Waals surface area contributed by atoms with Gasteiger partial charge in [0.05, 0.1) is 11.5 Å². The molecule has 0 radical (unpaired) electrons. The summed E-state index contributed by atoms with van der Waals surface area (Å²) in [6.07, 6.45) is 2.51. The van der Waals surface area contributed by atoms with Crippen molar-refractivity contribution < 1.29 is 14.5 Å². The standard InChI is InChI=1S/C20H18N2O4/c1-2-8-16-9-3-4-12-19(16)26-14-6-5-13-21-20(23)17-10-7-11-18(15-17)22(24)25/h2-4,7,9-12,15H,1,8,13-14H2,(H,21,23). The number of benzene rings is 2. The van der Waals surface area contributed by atoms with Crippen LogP contribution in [0.4, 0.5) is 5.69 Å². The van der Waals surface area contributed by atoms with E-state index in [2.05, 4.69) is 23.7 Å². The Kier molecular flexibility index (Phi) is 6.95. The van der Waals surface area contributed by atoms with E-state index < -0.39 is 10.8 Å². The van der Waals surface area contributed by atoms with Crippen molar-refractivity contribution in [3.8, 4) is 17.6 Å². The van der Waals surface area contributed by atoms with Crippen LogP contribution in [0.3, 0.4) is 0 Å². The molecule has 132 valence electrons. The summed E-state index contributed by atoms with van der Waals surface area (Å²) in [5, 5.41) is 13.3. The summed E-state index contributed by atoms with van der Waals surface area (Å²) in [6, 6.07) is 13.2. The fourth-order valence-electron chi connectivity index (χ4n) is 2.18. The molecule has 0 aliphatic rings. The second kappa shape index (κ2) is 9.64. The molecular weight excluding hydrogens is 332 g/mol. The van der Waals surface area contributed by atoms with Gasteiger partial charge in [0.25, 0.3) is 11.6 Å². The zero-order valence-corrected chi connectivity index (χ0v) is 14.1. The summed E-state index contributed by atoms with van der Waals surface area (Å²) in [5.41, 5.74) is 1.12. The normalized spacial score (nSPS) is 9.54. The number of allylic oxidation sites excluding steroid dienone is 1. The van der Waals surface area contributed by atoms with Crippen molar-refractivity contribution in [3.63, 3.8) is 0 Å². The topological polar surface area (TPSA) is 81.5 Å². The SMILES string of the molecule is C=CCc1ccccc1OCC#CCNC(=O)c1cccc([N+](=O)[O-])c1. The molecule has 0 bridgehead atoms. The van der Waals surface area contributed by atoms with Crippen molar-refractivity contribution in [2.24, 2.45) is 0 Å². The van der Waals surface area contributed by atoms with Crippen LogP contribution in [-0.4, -0.2) is 24.0 Å². The Hall–Kier alpha value is -3.59. The van der Waals surface area contributed by atoms with Gasteiger partial charge in [-0.05, 0) is 24.1 Å². The van der Waals surface area contributed by atoms with Crippen LogP contribution in [0.5, 0.6) is 5.75 Å². The van der Waals surface area contributed by atoms with E-state index in [1.807, 2.05) is 24.3 Å². The first kappa shape index (κ1) is 18.7. The van der Waals surface area contributed by atoms with E-state index in [0.717, 1.165) is 11.3 Å². The van der Waals surface area contributed by atoms with Crippen LogP contribution in [0.15, 0.2) is 61.2 Å². The average molecular weight is 350 g/mol. The summed E-state index contributed by atoms with van der Waals surface area (Å²) in [5.74, 6) is 5.94. The van der Waals surface area contributed by atoms with Crippen LogP contribution in [0, 0.1) is 22.0 Å². The van der Waals surface area contributed by atoms with Gasteiger partial charge in [0.2, 0.25) is 0 Å². The minimum absolute atomic E-state index is 0.124. The fourth-order valence-corrected chi connectivity index (χ4v) is 2.18. The Morgan fingerprint density at radius 1 is 1.23 bits per heavy atom. The number of rotatable bonds is 7. The molecule has 1 N–H and O–H groups in total. The van der Waals surface area contributed by atoms with E-state index in [-0.39, 0.29) is 24.4 Å². The highest BCUT2D eigenvalue weighted by Crippen LogP contribution is 2.18. The first-order valence-electron chi connectivity index (χ1n) is 7.92. The monoisotopic (exact) mass is 350 g/mol. The van der Waals surface area contributed by atoms with E-state index in [1.54, 1.807) is 6.08 Å². The van der Waals surface area contributed by atoms with Crippen molar-refractivity contribution >= 4 is 11.6 Å². The zero-order chi connectivity index (χ0) is 18.8. The largest absolute Gasteiger partial charge is 0.481 e. The molecule has 2 aromatic carbocycles. The molecule has 6 heteroatoms. The number of carbonyl (C=O) groups is 1. The van der Waals surface area contributed by atoms with Gasteiger partial charge in [0.15, 0.2) is 0 Å². The number of carbonyl (C=O) groups excluding carboxylic acids is 1. The van der Waals surface area contributed by atoms with Gasteiger partial charge in [-0.25, -0.2) is 0 Å². The van der Waals surface area contributed by atoms with Gasteiger partial charge < -0.3 is 10.1 Å². The van der Waals surface area contributed by atoms with Crippen LogP contribution >= 0.6 is 0 Å². The summed E-state index contributed by atoms with van der Waals surface area (Å²) in [6.45, 7) is 4.03. The maximum Gasteiger partial charge on any atom is 0.270 e. The Morgan fingerprint density at radius 2 is 2.04 bits per heavy atom. The Balaban J connectivity index is 1.82. The fraction of sp³-hybridized carbons (Fsp3) is 0.150. The minimum Gasteiger partial charge on any atom is -0.481 e. The minimum atomic E-state index is -0.544. The number of hydrogen-bond acceptors (Lipinski definition) is 4. The third-order valence-corrected chi connectivity index (χ3v) is 3.42. The summed E-state index contributed by atoms with van der Waals surface area (Å²) in [4.78, 5) is 22.1. The van der Waals surface area contributed by atoms with Crippen LogP contribution in [-0.2, 0) is 6.42 Å². The van der Waals surface area contributed by atoms with E-state index in [0.29, 0.717) is 6.42 Å². The molecule has 0 saturated carbocycles. The third kappa shape index (κ3) is 5.49. The Morgan fingerprint density at radius 3 is 2.81 bits per heavy atom. The summed E-state index contributed by atoms with van der Waals surface area (Å²) in [7, 11) is 0. The second-order valence-corrected chi connectivity index (χ2v) is 5.23. The first-order chi connectivity index (χ1) is 12.6. The van der Waals surface area contributed by atoms with Crippen molar-refractivity contribution in [1.82, 2.24) is 5.32 Å². The van der Waals surface area contributed by atoms with Crippen LogP contribution in [0.2, 0.25) is 0 Å². The highest BCUT2D eigenvalue weighted by molar-refractivity contribution is 5.94. The van der Waals surface area contributed by atoms with Crippen molar-refractivity contribution in [3.05, 3.63) is 82.4 Å². The van der Waals surface area contributed by atoms with E-state index in [1.165, 1.54) is 24.3 Å². The second-order valence-electron chi connectivity index (χ2n) is 5.23. The number of non-ortho nitro benzene ring substituents is 1. The highest BCUT2D eigenvalue weighted by Gasteiger charge is 2.10. The van der Waals surface area contributed by atoms with Gasteiger partial charge >= 0.3 is 0 Å². The molecule has 0 saturated heterocycles. The lowest BCUT2D eigenvalue weighted by atomic mass is 10.1. The summed E-state index contributed by atoms with van der Waals surface area (Å²) < 4.78 is 5.61. The number of nitrogens with one attached hydrogen (secondary N) is 1. The average Bonchev–Trinajstić information content (AvgIpc) is 2.66. The van der Waals surface area contributed by atoms with Crippen molar-refractivity contribution in [1.29, 1.82) is 0 Å². The maximum atomic E-state index is 11.9. The van der Waals surface area contributed by atoms with E-state index >= 15 is 0 Å². The van der Waals surface area contributed by atoms with Gasteiger partial charge in [-0.3, -0.25) is 14.9 Å². The number of amides is 1. The quantitative estimate of drug-likeness (QED) is 0.360. The molecule has 6 nitrogen and oxygen atoms in total. The predicted molar refractivity (Wildman–Crippen MR) is 99.0 cm³/mol. The number of nitro benzene ring substituents is 1. The third-order valence-electron chi connectivity index (χ3n) is 3.42. The van der Waals surface area contributed by atoms with Crippen molar-refractivity contribution in [2.45, 2.75) is 6.42 Å². The van der Waals surface area contributed by atoms with Crippen molar-refractivity contribution in [2.75, 3.05) is 13.2 Å². The van der Waals surface area contributed by atoms with E-state index in [9.17, 15) is 14.9 Å². The highest BCUT2D eigenvalue weighted by atomic mass is 16.6. The van der Waals surface area contributed by atoms with E-state index in [4.69, 9.17) is 4.74 Å². The lowest BCUT2D eigenvalue weighted by Crippen LogP contribution is -2.23. The lowest BCUT2D eigenvalue weighted by Gasteiger charge is -2.07. The number of ether oxygens (including phenoxy) is 1. The van der Waals surface area contributed by atoms with Gasteiger partial charge in [0.1, 0.15) is 12.4 Å². The molecule has 0 atom stereocenters. The maximum absolute atomic E-state index is 11.9. The smallest absolute Gasteiger partial charge is 0.270 e. The predicted octanol–water partition coefficient (Wildman–Crippen LogP) is 3.14. The zero-order valence-electron chi connectivity index (χ0n) is 14.1. The van der Waals surface area contributed by atoms with Crippen LogP contribution in [0.25, 0.3) is 0 Å². The molecule has 0 aliphatic carbocycles. The molecule has 0 aliphatic heterocycles. The number of nitro groups is 1. The molecule has 0 heterocycles. The van der Waals surface area contributed by atoms with Crippen LogP contribution in [0.1, 0.15) is 15.9 Å². The van der Waals surface area contributed by atoms with Gasteiger partial charge in [-0.2, -0.15) is 0 Å². The molecule has 0 fully saturated rings. The van der Waals surface area contributed by atoms with Gasteiger partial charge in [-0.1, -0.05) is 42.2 Å². The molecule has 26 heavy (non-hydrogen) atoms. The molecular formula is C20H18N2O4. The molecule has 0 aromatic heterocycles. The van der Waals surface area contributed by atoms with Crippen LogP contribution < -0.4 is 10.1 Å². The van der Waals surface area contributed by atoms with Gasteiger partial charge in [0, 0.05) is 17.7 Å². The molecule has 2 aromatic rings. The molecule has 0 spiro atoms. The number of nitrogens with zero attached hydrogens (tertiary/aromatic N) is 1. The number of para-hydroxylation sites is 1.